The number of guanidine groups is 1. The number of nitrogens with one attached hydrogen (secondary N) is 1. The van der Waals surface area contributed by atoms with E-state index in [9.17, 15) is 4.79 Å². The van der Waals surface area contributed by atoms with E-state index in [4.69, 9.17) is 11.6 Å². The summed E-state index contributed by atoms with van der Waals surface area (Å²) < 4.78 is 0. The standard InChI is InChI=1S/C14H16ClN3O/c15-9-13(19)18-8-7-16-14(18)17-12-6-2-4-10-3-1-5-11(10)12/h2,4,6H,1,3,5,7-9H2,(H,16,17). The number of nitrogens with zero attached hydrogens (tertiary/aromatic N) is 2. The predicted molar refractivity (Wildman–Crippen MR) is 76.8 cm³/mol. The Balaban J connectivity index is 1.82. The number of rotatable bonds is 2. The molecule has 4 nitrogen and oxygen atoms in total. The number of aliphatic imine (C=N–C) groups is 1. The predicted octanol–water partition coefficient (Wildman–Crippen LogP) is 2.02. The highest BCUT2D eigenvalue weighted by molar-refractivity contribution is 6.28. The Morgan fingerprint density at radius 1 is 1.42 bits per heavy atom. The number of amides is 1. The highest BCUT2D eigenvalue weighted by Gasteiger charge is 2.24. The molecule has 1 amide bonds. The van der Waals surface area contributed by atoms with Crippen molar-refractivity contribution in [2.45, 2.75) is 19.3 Å². The summed E-state index contributed by atoms with van der Waals surface area (Å²) in [4.78, 5) is 17.7. The Kier molecular flexibility index (Phi) is 3.42. The fourth-order valence-corrected chi connectivity index (χ4v) is 2.87. The van der Waals surface area contributed by atoms with Crippen LogP contribution < -0.4 is 5.32 Å². The smallest absolute Gasteiger partial charge is 0.244 e. The molecule has 100 valence electrons. The van der Waals surface area contributed by atoms with Crippen LogP contribution >= 0.6 is 11.6 Å². The topological polar surface area (TPSA) is 44.7 Å². The van der Waals surface area contributed by atoms with Gasteiger partial charge in [-0.25, -0.2) is 0 Å². The summed E-state index contributed by atoms with van der Waals surface area (Å²) in [7, 11) is 0. The van der Waals surface area contributed by atoms with Gasteiger partial charge < -0.3 is 5.32 Å². The number of hydrogen-bond acceptors (Lipinski definition) is 3. The molecular formula is C14H16ClN3O. The molecule has 0 aromatic heterocycles. The molecule has 0 unspecified atom stereocenters. The second-order valence-electron chi connectivity index (χ2n) is 4.81. The van der Waals surface area contributed by atoms with Crippen molar-refractivity contribution in [2.24, 2.45) is 4.99 Å². The molecule has 0 saturated heterocycles. The fourth-order valence-electron chi connectivity index (χ4n) is 2.73. The minimum absolute atomic E-state index is 0.00635. The summed E-state index contributed by atoms with van der Waals surface area (Å²) in [5, 5.41) is 3.30. The van der Waals surface area contributed by atoms with E-state index in [0.29, 0.717) is 19.0 Å². The molecule has 1 aromatic carbocycles. The van der Waals surface area contributed by atoms with Crippen LogP contribution in [0.4, 0.5) is 5.69 Å². The van der Waals surface area contributed by atoms with Gasteiger partial charge in [0.1, 0.15) is 5.88 Å². The molecule has 1 aliphatic carbocycles. The number of halogens is 1. The van der Waals surface area contributed by atoms with Crippen LogP contribution in [0.15, 0.2) is 23.2 Å². The number of carbonyl (C=O) groups excluding carboxylic acids is 1. The zero-order valence-electron chi connectivity index (χ0n) is 10.7. The van der Waals surface area contributed by atoms with E-state index in [1.165, 1.54) is 17.5 Å². The molecule has 0 radical (unpaired) electrons. The van der Waals surface area contributed by atoms with Gasteiger partial charge >= 0.3 is 0 Å². The first-order chi connectivity index (χ1) is 9.29. The Morgan fingerprint density at radius 2 is 2.32 bits per heavy atom. The lowest BCUT2D eigenvalue weighted by Crippen LogP contribution is -2.39. The summed E-state index contributed by atoms with van der Waals surface area (Å²) in [5.74, 6) is 0.525. The van der Waals surface area contributed by atoms with Crippen LogP contribution in [0.1, 0.15) is 17.5 Å². The van der Waals surface area contributed by atoms with Crippen molar-refractivity contribution in [3.8, 4) is 0 Å². The first-order valence-electron chi connectivity index (χ1n) is 6.58. The molecule has 3 rings (SSSR count). The minimum Gasteiger partial charge on any atom is -0.326 e. The lowest BCUT2D eigenvalue weighted by atomic mass is 10.1. The number of aryl methyl sites for hydroxylation is 1. The summed E-state index contributed by atoms with van der Waals surface area (Å²) in [6.45, 7) is 1.25. The van der Waals surface area contributed by atoms with Gasteiger partial charge in [-0.05, 0) is 36.5 Å². The molecule has 1 heterocycles. The summed E-state index contributed by atoms with van der Waals surface area (Å²) >= 11 is 5.62. The number of benzene rings is 1. The van der Waals surface area contributed by atoms with Crippen molar-refractivity contribution >= 4 is 29.2 Å². The van der Waals surface area contributed by atoms with E-state index in [1.807, 2.05) is 6.07 Å². The Bertz CT molecular complexity index is 541. The average Bonchev–Trinajstić information content (AvgIpc) is 3.06. The maximum absolute atomic E-state index is 11.7. The summed E-state index contributed by atoms with van der Waals surface area (Å²) in [6.07, 6.45) is 3.43. The molecule has 0 saturated carbocycles. The first kappa shape index (κ1) is 12.5. The molecule has 19 heavy (non-hydrogen) atoms. The van der Waals surface area contributed by atoms with Gasteiger partial charge in [0.25, 0.3) is 0 Å². The minimum atomic E-state index is -0.0991. The average molecular weight is 278 g/mol. The summed E-state index contributed by atoms with van der Waals surface area (Å²) in [5.41, 5.74) is 3.83. The molecule has 1 N–H and O–H groups in total. The Labute approximate surface area is 117 Å². The number of fused-ring (bicyclic) bond motifs is 1. The van der Waals surface area contributed by atoms with Crippen LogP contribution in [0.25, 0.3) is 0 Å². The molecule has 1 aromatic rings. The molecule has 0 bridgehead atoms. The van der Waals surface area contributed by atoms with E-state index in [2.05, 4.69) is 22.4 Å². The summed E-state index contributed by atoms with van der Waals surface area (Å²) in [6, 6.07) is 6.27. The molecule has 5 heteroatoms. The van der Waals surface area contributed by atoms with Gasteiger partial charge in [0.15, 0.2) is 0 Å². The normalized spacial score (nSPS) is 17.3. The SMILES string of the molecule is O=C(CCl)N1CCN=C1Nc1cccc2c1CCC2. The number of carbonyl (C=O) groups is 1. The lowest BCUT2D eigenvalue weighted by molar-refractivity contribution is -0.124. The zero-order valence-corrected chi connectivity index (χ0v) is 11.4. The maximum Gasteiger partial charge on any atom is 0.244 e. The van der Waals surface area contributed by atoms with Gasteiger partial charge in [-0.2, -0.15) is 0 Å². The van der Waals surface area contributed by atoms with Crippen molar-refractivity contribution in [3.05, 3.63) is 29.3 Å². The van der Waals surface area contributed by atoms with Crippen LogP contribution in [0, 0.1) is 0 Å². The van der Waals surface area contributed by atoms with E-state index in [1.54, 1.807) is 4.90 Å². The third-order valence-corrected chi connectivity index (χ3v) is 3.88. The van der Waals surface area contributed by atoms with E-state index >= 15 is 0 Å². The van der Waals surface area contributed by atoms with Gasteiger partial charge in [-0.3, -0.25) is 14.7 Å². The molecular weight excluding hydrogens is 262 g/mol. The quantitative estimate of drug-likeness (QED) is 0.841. The van der Waals surface area contributed by atoms with Crippen molar-refractivity contribution in [2.75, 3.05) is 24.3 Å². The molecule has 2 aliphatic rings. The van der Waals surface area contributed by atoms with Crippen molar-refractivity contribution < 1.29 is 4.79 Å². The van der Waals surface area contributed by atoms with Crippen LogP contribution in [0.3, 0.4) is 0 Å². The third kappa shape index (κ3) is 2.32. The highest BCUT2D eigenvalue weighted by atomic mass is 35.5. The van der Waals surface area contributed by atoms with Crippen LogP contribution in [0.2, 0.25) is 0 Å². The zero-order chi connectivity index (χ0) is 13.2. The molecule has 0 fully saturated rings. The van der Waals surface area contributed by atoms with Gasteiger partial charge in [0.05, 0.1) is 6.54 Å². The van der Waals surface area contributed by atoms with Gasteiger partial charge in [0, 0.05) is 12.2 Å². The lowest BCUT2D eigenvalue weighted by Gasteiger charge is -2.19. The Morgan fingerprint density at radius 3 is 3.16 bits per heavy atom. The van der Waals surface area contributed by atoms with E-state index in [0.717, 1.165) is 18.5 Å². The van der Waals surface area contributed by atoms with Gasteiger partial charge in [-0.15, -0.1) is 11.6 Å². The van der Waals surface area contributed by atoms with Gasteiger partial charge in [-0.1, -0.05) is 12.1 Å². The van der Waals surface area contributed by atoms with Crippen molar-refractivity contribution in [3.63, 3.8) is 0 Å². The molecule has 0 atom stereocenters. The van der Waals surface area contributed by atoms with Crippen molar-refractivity contribution in [1.82, 2.24) is 4.90 Å². The number of hydrogen-bond donors (Lipinski definition) is 1. The monoisotopic (exact) mass is 277 g/mol. The van der Waals surface area contributed by atoms with Gasteiger partial charge in [0.2, 0.25) is 11.9 Å². The Hall–Kier alpha value is -1.55. The third-order valence-electron chi connectivity index (χ3n) is 3.65. The van der Waals surface area contributed by atoms with Crippen LogP contribution in [-0.4, -0.2) is 35.7 Å². The van der Waals surface area contributed by atoms with Crippen LogP contribution in [0.5, 0.6) is 0 Å². The highest BCUT2D eigenvalue weighted by Crippen LogP contribution is 2.29. The first-order valence-corrected chi connectivity index (χ1v) is 7.11. The maximum atomic E-state index is 11.7. The number of alkyl halides is 1. The second-order valence-corrected chi connectivity index (χ2v) is 5.07. The molecule has 1 aliphatic heterocycles. The fraction of sp³-hybridized carbons (Fsp3) is 0.429. The molecule has 0 spiro atoms. The second kappa shape index (κ2) is 5.21. The van der Waals surface area contributed by atoms with Crippen LogP contribution in [-0.2, 0) is 17.6 Å². The van der Waals surface area contributed by atoms with E-state index in [-0.39, 0.29) is 11.8 Å². The number of anilines is 1. The van der Waals surface area contributed by atoms with E-state index < -0.39 is 0 Å². The largest absolute Gasteiger partial charge is 0.326 e. The van der Waals surface area contributed by atoms with Crippen molar-refractivity contribution in [1.29, 1.82) is 0 Å².